The Morgan fingerprint density at radius 1 is 1.18 bits per heavy atom. The minimum Gasteiger partial charge on any atom is -0.337 e. The van der Waals surface area contributed by atoms with Gasteiger partial charge in [-0.2, -0.15) is 0 Å². The van der Waals surface area contributed by atoms with Crippen LogP contribution in [0.25, 0.3) is 20.3 Å². The fraction of sp³-hybridized carbons (Fsp3) is 0.190. The van der Waals surface area contributed by atoms with Gasteiger partial charge in [-0.05, 0) is 24.6 Å². The Hall–Kier alpha value is -2.70. The van der Waals surface area contributed by atoms with Crippen LogP contribution < -0.4 is 5.56 Å². The number of benzene rings is 2. The summed E-state index contributed by atoms with van der Waals surface area (Å²) in [5, 5.41) is 1.36. The van der Waals surface area contributed by atoms with Crippen LogP contribution >= 0.6 is 22.9 Å². The Morgan fingerprint density at radius 2 is 1.96 bits per heavy atom. The quantitative estimate of drug-likeness (QED) is 0.491. The number of carbonyl (C=O) groups excluding carboxylic acids is 1. The molecule has 0 spiro atoms. The van der Waals surface area contributed by atoms with Gasteiger partial charge in [-0.3, -0.25) is 14.2 Å². The molecule has 0 saturated carbocycles. The van der Waals surface area contributed by atoms with Gasteiger partial charge >= 0.3 is 0 Å². The van der Waals surface area contributed by atoms with Crippen LogP contribution in [-0.2, 0) is 17.9 Å². The van der Waals surface area contributed by atoms with E-state index < -0.39 is 0 Å². The van der Waals surface area contributed by atoms with Crippen LogP contribution in [0.4, 0.5) is 0 Å². The van der Waals surface area contributed by atoms with Gasteiger partial charge in [-0.1, -0.05) is 48.0 Å². The standard InChI is InChI=1S/C21H18ClN3O2S/c1-2-24(11-14-7-4-3-5-8-14)17(26)12-25-13-23-19-18-15(22)9-6-10-16(18)28-20(19)21(25)27/h3-10,13H,2,11-12H2,1H3. The maximum absolute atomic E-state index is 12.9. The first-order valence-corrected chi connectivity index (χ1v) is 10.2. The van der Waals surface area contributed by atoms with Crippen LogP contribution in [0.2, 0.25) is 5.02 Å². The Balaban J connectivity index is 1.64. The van der Waals surface area contributed by atoms with Crippen LogP contribution in [0.15, 0.2) is 59.7 Å². The molecule has 28 heavy (non-hydrogen) atoms. The molecule has 0 N–H and O–H groups in total. The number of aromatic nitrogens is 2. The molecule has 2 heterocycles. The Morgan fingerprint density at radius 3 is 2.71 bits per heavy atom. The van der Waals surface area contributed by atoms with Gasteiger partial charge in [0.05, 0.1) is 16.9 Å². The number of nitrogens with zero attached hydrogens (tertiary/aromatic N) is 3. The lowest BCUT2D eigenvalue weighted by molar-refractivity contribution is -0.132. The Kier molecular flexibility index (Phi) is 5.15. The van der Waals surface area contributed by atoms with Crippen LogP contribution in [0.3, 0.4) is 0 Å². The van der Waals surface area contributed by atoms with E-state index in [1.54, 1.807) is 11.0 Å². The zero-order chi connectivity index (χ0) is 19.7. The van der Waals surface area contributed by atoms with E-state index in [-0.39, 0.29) is 18.0 Å². The third kappa shape index (κ3) is 3.41. The number of likely N-dealkylation sites (N-methyl/N-ethyl adjacent to an activating group) is 1. The number of hydrogen-bond acceptors (Lipinski definition) is 4. The molecule has 0 aliphatic rings. The number of amides is 1. The molecule has 2 aromatic carbocycles. The van der Waals surface area contributed by atoms with Gasteiger partial charge in [0, 0.05) is 23.2 Å². The highest BCUT2D eigenvalue weighted by Gasteiger charge is 2.17. The normalized spacial score (nSPS) is 11.2. The highest BCUT2D eigenvalue weighted by molar-refractivity contribution is 7.25. The van der Waals surface area contributed by atoms with Crippen LogP contribution in [-0.4, -0.2) is 26.9 Å². The van der Waals surface area contributed by atoms with Crippen LogP contribution in [0, 0.1) is 0 Å². The predicted octanol–water partition coefficient (Wildman–Crippen LogP) is 4.31. The number of carbonyl (C=O) groups is 1. The lowest BCUT2D eigenvalue weighted by atomic mass is 10.2. The molecular weight excluding hydrogens is 394 g/mol. The summed E-state index contributed by atoms with van der Waals surface area (Å²) >= 11 is 7.64. The summed E-state index contributed by atoms with van der Waals surface area (Å²) in [6.45, 7) is 2.97. The smallest absolute Gasteiger partial charge is 0.271 e. The molecule has 4 aromatic rings. The monoisotopic (exact) mass is 411 g/mol. The zero-order valence-corrected chi connectivity index (χ0v) is 16.8. The van der Waals surface area contributed by atoms with Gasteiger partial charge in [0.1, 0.15) is 11.2 Å². The van der Waals surface area contributed by atoms with Crippen molar-refractivity contribution in [1.82, 2.24) is 14.5 Å². The van der Waals surface area contributed by atoms with Gasteiger partial charge in [0.15, 0.2) is 0 Å². The summed E-state index contributed by atoms with van der Waals surface area (Å²) in [6, 6.07) is 15.4. The molecule has 0 aliphatic heterocycles. The lowest BCUT2D eigenvalue weighted by Crippen LogP contribution is -2.36. The third-order valence-electron chi connectivity index (χ3n) is 4.68. The van der Waals surface area contributed by atoms with Gasteiger partial charge in [0.2, 0.25) is 5.91 Å². The number of hydrogen-bond donors (Lipinski definition) is 0. The van der Waals surface area contributed by atoms with Crippen LogP contribution in [0.5, 0.6) is 0 Å². The molecule has 142 valence electrons. The molecule has 4 rings (SSSR count). The average molecular weight is 412 g/mol. The van der Waals surface area contributed by atoms with E-state index in [4.69, 9.17) is 11.6 Å². The number of halogens is 1. The van der Waals surface area contributed by atoms with E-state index in [1.165, 1.54) is 22.2 Å². The molecule has 0 atom stereocenters. The van der Waals surface area contributed by atoms with Crippen molar-refractivity contribution in [1.29, 1.82) is 0 Å². The second-order valence-electron chi connectivity index (χ2n) is 6.46. The van der Waals surface area contributed by atoms with Gasteiger partial charge in [0.25, 0.3) is 5.56 Å². The second kappa shape index (κ2) is 7.73. The molecule has 0 aliphatic carbocycles. The minimum absolute atomic E-state index is 0.0373. The topological polar surface area (TPSA) is 55.2 Å². The van der Waals surface area contributed by atoms with E-state index in [0.29, 0.717) is 28.3 Å². The highest BCUT2D eigenvalue weighted by atomic mass is 35.5. The van der Waals surface area contributed by atoms with E-state index in [9.17, 15) is 9.59 Å². The molecule has 0 radical (unpaired) electrons. The molecule has 0 bridgehead atoms. The maximum Gasteiger partial charge on any atom is 0.271 e. The van der Waals surface area contributed by atoms with Crippen molar-refractivity contribution in [3.05, 3.63) is 75.8 Å². The molecule has 2 aromatic heterocycles. The van der Waals surface area contributed by atoms with Crippen molar-refractivity contribution in [3.8, 4) is 0 Å². The molecule has 1 amide bonds. The van der Waals surface area contributed by atoms with E-state index in [1.807, 2.05) is 49.4 Å². The van der Waals surface area contributed by atoms with Crippen molar-refractivity contribution in [2.45, 2.75) is 20.0 Å². The van der Waals surface area contributed by atoms with Crippen molar-refractivity contribution in [2.75, 3.05) is 6.54 Å². The summed E-state index contributed by atoms with van der Waals surface area (Å²) in [5.41, 5.74) is 1.43. The summed E-state index contributed by atoms with van der Waals surface area (Å²) in [6.07, 6.45) is 1.44. The van der Waals surface area contributed by atoms with Crippen molar-refractivity contribution < 1.29 is 4.79 Å². The van der Waals surface area contributed by atoms with Gasteiger partial charge in [-0.15, -0.1) is 11.3 Å². The first-order valence-electron chi connectivity index (χ1n) is 8.96. The second-order valence-corrected chi connectivity index (χ2v) is 7.92. The molecule has 0 saturated heterocycles. The average Bonchev–Trinajstić information content (AvgIpc) is 3.10. The highest BCUT2D eigenvalue weighted by Crippen LogP contribution is 2.34. The number of fused-ring (bicyclic) bond motifs is 3. The fourth-order valence-corrected chi connectivity index (χ4v) is 4.66. The SMILES string of the molecule is CCN(Cc1ccccc1)C(=O)Cn1cnc2c(sc3cccc(Cl)c32)c1=O. The largest absolute Gasteiger partial charge is 0.337 e. The summed E-state index contributed by atoms with van der Waals surface area (Å²) in [5.74, 6) is -0.117. The number of thiophene rings is 1. The Bertz CT molecular complexity index is 1220. The minimum atomic E-state index is -0.216. The maximum atomic E-state index is 12.9. The van der Waals surface area contributed by atoms with Gasteiger partial charge < -0.3 is 4.90 Å². The first-order chi connectivity index (χ1) is 13.6. The summed E-state index contributed by atoms with van der Waals surface area (Å²) < 4.78 is 2.81. The fourth-order valence-electron chi connectivity index (χ4n) is 3.21. The molecule has 7 heteroatoms. The molecule has 0 fully saturated rings. The summed E-state index contributed by atoms with van der Waals surface area (Å²) in [4.78, 5) is 31.9. The third-order valence-corrected chi connectivity index (χ3v) is 6.12. The molecule has 5 nitrogen and oxygen atoms in total. The molecule has 0 unspecified atom stereocenters. The van der Waals surface area contributed by atoms with Crippen LogP contribution in [0.1, 0.15) is 12.5 Å². The van der Waals surface area contributed by atoms with E-state index >= 15 is 0 Å². The zero-order valence-electron chi connectivity index (χ0n) is 15.3. The molecular formula is C21H18ClN3O2S. The van der Waals surface area contributed by atoms with Crippen molar-refractivity contribution >= 4 is 49.1 Å². The van der Waals surface area contributed by atoms with Gasteiger partial charge in [-0.25, -0.2) is 4.98 Å². The first kappa shape index (κ1) is 18.7. The van der Waals surface area contributed by atoms with Crippen molar-refractivity contribution in [3.63, 3.8) is 0 Å². The van der Waals surface area contributed by atoms with E-state index in [0.717, 1.165) is 15.6 Å². The predicted molar refractivity (Wildman–Crippen MR) is 114 cm³/mol. The summed E-state index contributed by atoms with van der Waals surface area (Å²) in [7, 11) is 0. The van der Waals surface area contributed by atoms with E-state index in [2.05, 4.69) is 4.98 Å². The van der Waals surface area contributed by atoms with Crippen molar-refractivity contribution in [2.24, 2.45) is 0 Å². The Labute approximate surface area is 170 Å². The number of rotatable bonds is 5. The lowest BCUT2D eigenvalue weighted by Gasteiger charge is -2.21.